The summed E-state index contributed by atoms with van der Waals surface area (Å²) >= 11 is 0. The lowest BCUT2D eigenvalue weighted by molar-refractivity contribution is -0.119. The first kappa shape index (κ1) is 21.5. The molecule has 0 radical (unpaired) electrons. The van der Waals surface area contributed by atoms with Crippen LogP contribution in [0.25, 0.3) is 10.8 Å². The lowest BCUT2D eigenvalue weighted by atomic mass is 9.99. The van der Waals surface area contributed by atoms with Crippen LogP contribution in [0.3, 0.4) is 0 Å². The quantitative estimate of drug-likeness (QED) is 0.378. The van der Waals surface area contributed by atoms with Crippen LogP contribution < -0.4 is 0 Å². The summed E-state index contributed by atoms with van der Waals surface area (Å²) in [7, 11) is -3.50. The number of aromatic nitrogens is 1. The maximum absolute atomic E-state index is 14.8. The Morgan fingerprint density at radius 3 is 2.45 bits per heavy atom. The molecule has 2 atom stereocenters. The third-order valence-electron chi connectivity index (χ3n) is 6.24. The zero-order valence-corrected chi connectivity index (χ0v) is 18.6. The van der Waals surface area contributed by atoms with E-state index in [0.29, 0.717) is 23.1 Å². The lowest BCUT2D eigenvalue weighted by Gasteiger charge is -2.07. The van der Waals surface area contributed by atoms with Crippen LogP contribution in [0, 0.1) is 11.7 Å². The highest BCUT2D eigenvalue weighted by Crippen LogP contribution is 2.48. The highest BCUT2D eigenvalue weighted by Gasteiger charge is 2.43. The Kier molecular flexibility index (Phi) is 5.54. The summed E-state index contributed by atoms with van der Waals surface area (Å²) in [4.78, 5) is 17.1. The van der Waals surface area contributed by atoms with Gasteiger partial charge in [0, 0.05) is 23.9 Å². The normalized spacial score (nSPS) is 17.7. The number of nitrogens with zero attached hydrogens (tertiary/aromatic N) is 1. The second-order valence-corrected chi connectivity index (χ2v) is 10.5. The van der Waals surface area contributed by atoms with E-state index in [1.165, 1.54) is 0 Å². The monoisotopic (exact) mass is 459 g/mol. The number of pyridine rings is 1. The minimum Gasteiger partial charge on any atom is -0.299 e. The van der Waals surface area contributed by atoms with Gasteiger partial charge < -0.3 is 0 Å². The number of hydrogen-bond donors (Lipinski definition) is 0. The van der Waals surface area contributed by atoms with Crippen molar-refractivity contribution in [2.75, 3.05) is 0 Å². The molecule has 1 aliphatic rings. The van der Waals surface area contributed by atoms with Gasteiger partial charge in [0.2, 0.25) is 0 Å². The lowest BCUT2D eigenvalue weighted by Crippen LogP contribution is -2.08. The van der Waals surface area contributed by atoms with E-state index in [9.17, 15) is 17.6 Å². The molecule has 0 aliphatic heterocycles. The molecule has 0 saturated heterocycles. The van der Waals surface area contributed by atoms with E-state index in [-0.39, 0.29) is 40.5 Å². The summed E-state index contributed by atoms with van der Waals surface area (Å²) in [6.07, 6.45) is 2.34. The Morgan fingerprint density at radius 2 is 1.70 bits per heavy atom. The first-order chi connectivity index (χ1) is 15.9. The molecule has 0 bridgehead atoms. The minimum atomic E-state index is -3.50. The fourth-order valence-corrected chi connectivity index (χ4v) is 5.61. The second kappa shape index (κ2) is 8.52. The predicted octanol–water partition coefficient (Wildman–Crippen LogP) is 5.26. The molecule has 1 aromatic heterocycles. The molecule has 1 unspecified atom stereocenters. The van der Waals surface area contributed by atoms with Crippen LogP contribution in [0.1, 0.15) is 29.2 Å². The van der Waals surface area contributed by atoms with Crippen LogP contribution in [-0.2, 0) is 26.8 Å². The van der Waals surface area contributed by atoms with Crippen LogP contribution >= 0.6 is 0 Å². The van der Waals surface area contributed by atoms with Gasteiger partial charge in [-0.15, -0.1) is 0 Å². The first-order valence-corrected chi connectivity index (χ1v) is 12.5. The smallest absolute Gasteiger partial charge is 0.184 e. The van der Waals surface area contributed by atoms with E-state index in [2.05, 4.69) is 4.98 Å². The van der Waals surface area contributed by atoms with Gasteiger partial charge in [0.05, 0.1) is 16.3 Å². The minimum absolute atomic E-state index is 0.0148. The van der Waals surface area contributed by atoms with Crippen molar-refractivity contribution in [3.63, 3.8) is 0 Å². The Labute approximate surface area is 192 Å². The molecule has 166 valence electrons. The van der Waals surface area contributed by atoms with Crippen molar-refractivity contribution in [3.8, 4) is 0 Å². The molecule has 6 heteroatoms. The summed E-state index contributed by atoms with van der Waals surface area (Å²) in [5, 5.41) is 1.34. The van der Waals surface area contributed by atoms with Crippen molar-refractivity contribution in [3.05, 3.63) is 108 Å². The number of ketones is 1. The second-order valence-electron chi connectivity index (χ2n) is 8.50. The fraction of sp³-hybridized carbons (Fsp3) is 0.185. The number of Topliss-reactive ketones (excluding diaryl/α,β-unsaturated/α-hetero) is 1. The predicted molar refractivity (Wildman–Crippen MR) is 125 cm³/mol. The zero-order chi connectivity index (χ0) is 23.0. The van der Waals surface area contributed by atoms with E-state index in [0.717, 1.165) is 10.9 Å². The standard InChI is InChI=1S/C27H22FNO3S/c28-27-20(9-8-18-5-1-2-7-23(18)27)15-26(30)25-16-24(25)19-10-12-22(13-11-19)33(31,32)17-21-6-3-4-14-29-21/h1-14,24-25H,15-17H2/t24?,25-/m1/s1. The Balaban J connectivity index is 1.26. The molecule has 0 spiro atoms. The highest BCUT2D eigenvalue weighted by molar-refractivity contribution is 7.90. The van der Waals surface area contributed by atoms with Gasteiger partial charge in [0.1, 0.15) is 11.6 Å². The molecule has 0 N–H and O–H groups in total. The Morgan fingerprint density at radius 1 is 0.939 bits per heavy atom. The van der Waals surface area contributed by atoms with Crippen LogP contribution in [0.2, 0.25) is 0 Å². The van der Waals surface area contributed by atoms with E-state index in [4.69, 9.17) is 0 Å². The summed E-state index contributed by atoms with van der Waals surface area (Å²) < 4.78 is 40.2. The third kappa shape index (κ3) is 4.44. The van der Waals surface area contributed by atoms with Crippen LogP contribution in [-0.4, -0.2) is 19.2 Å². The summed E-state index contributed by atoms with van der Waals surface area (Å²) in [5.74, 6) is -0.586. The van der Waals surface area contributed by atoms with E-state index in [1.54, 1.807) is 66.9 Å². The van der Waals surface area contributed by atoms with Gasteiger partial charge in [-0.3, -0.25) is 9.78 Å². The highest BCUT2D eigenvalue weighted by atomic mass is 32.2. The van der Waals surface area contributed by atoms with Gasteiger partial charge in [-0.25, -0.2) is 12.8 Å². The summed E-state index contributed by atoms with van der Waals surface area (Å²) in [5.41, 5.74) is 1.85. The number of halogens is 1. The van der Waals surface area contributed by atoms with Crippen molar-refractivity contribution in [2.45, 2.75) is 29.4 Å². The number of sulfone groups is 1. The molecule has 1 heterocycles. The van der Waals surface area contributed by atoms with Gasteiger partial charge in [0.15, 0.2) is 9.84 Å². The SMILES string of the molecule is O=C(Cc1ccc2ccccc2c1F)[C@@H]1CC1c1ccc(S(=O)(=O)Cc2ccccn2)cc1. The van der Waals surface area contributed by atoms with E-state index >= 15 is 0 Å². The zero-order valence-electron chi connectivity index (χ0n) is 17.8. The molecule has 1 saturated carbocycles. The molecular formula is C27H22FNO3S. The molecule has 1 aliphatic carbocycles. The van der Waals surface area contributed by atoms with E-state index in [1.807, 2.05) is 18.2 Å². The van der Waals surface area contributed by atoms with Gasteiger partial charge in [-0.2, -0.15) is 0 Å². The molecule has 3 aromatic carbocycles. The number of rotatable bonds is 7. The van der Waals surface area contributed by atoms with Crippen molar-refractivity contribution >= 4 is 26.4 Å². The number of carbonyl (C=O) groups excluding carboxylic acids is 1. The van der Waals surface area contributed by atoms with Gasteiger partial charge in [0.25, 0.3) is 0 Å². The topological polar surface area (TPSA) is 64.1 Å². The van der Waals surface area contributed by atoms with Crippen LogP contribution in [0.15, 0.2) is 90.0 Å². The van der Waals surface area contributed by atoms with Gasteiger partial charge >= 0.3 is 0 Å². The largest absolute Gasteiger partial charge is 0.299 e. The maximum Gasteiger partial charge on any atom is 0.184 e. The van der Waals surface area contributed by atoms with Crippen molar-refractivity contribution in [1.82, 2.24) is 4.98 Å². The fourth-order valence-electron chi connectivity index (χ4n) is 4.34. The number of carbonyl (C=O) groups is 1. The first-order valence-electron chi connectivity index (χ1n) is 10.8. The molecule has 1 fully saturated rings. The Hall–Kier alpha value is -3.38. The molecule has 0 amide bonds. The van der Waals surface area contributed by atoms with Gasteiger partial charge in [-0.05, 0) is 53.1 Å². The molecule has 4 aromatic rings. The number of benzene rings is 3. The number of fused-ring (bicyclic) bond motifs is 1. The number of hydrogen-bond acceptors (Lipinski definition) is 4. The van der Waals surface area contributed by atoms with Crippen molar-refractivity contribution in [2.24, 2.45) is 5.92 Å². The molecule has 5 rings (SSSR count). The molecule has 4 nitrogen and oxygen atoms in total. The van der Waals surface area contributed by atoms with Crippen LogP contribution in [0.4, 0.5) is 4.39 Å². The van der Waals surface area contributed by atoms with Crippen LogP contribution in [0.5, 0.6) is 0 Å². The maximum atomic E-state index is 14.8. The summed E-state index contributed by atoms with van der Waals surface area (Å²) in [6, 6.07) is 22.7. The average molecular weight is 460 g/mol. The molecular weight excluding hydrogens is 437 g/mol. The summed E-state index contributed by atoms with van der Waals surface area (Å²) in [6.45, 7) is 0. The van der Waals surface area contributed by atoms with Crippen molar-refractivity contribution < 1.29 is 17.6 Å². The van der Waals surface area contributed by atoms with E-state index < -0.39 is 9.84 Å². The third-order valence-corrected chi connectivity index (χ3v) is 7.91. The average Bonchev–Trinajstić information content (AvgIpc) is 3.63. The van der Waals surface area contributed by atoms with Gasteiger partial charge in [-0.1, -0.05) is 54.6 Å². The molecule has 33 heavy (non-hydrogen) atoms. The van der Waals surface area contributed by atoms with Crippen molar-refractivity contribution in [1.29, 1.82) is 0 Å². The Bertz CT molecular complexity index is 1430.